The Morgan fingerprint density at radius 3 is 2.72 bits per heavy atom. The van der Waals surface area contributed by atoms with Crippen molar-refractivity contribution >= 4 is 17.6 Å². The smallest absolute Gasteiger partial charge is 0.339 e. The van der Waals surface area contributed by atoms with Gasteiger partial charge in [0.15, 0.2) is 5.75 Å². The molecule has 18 heavy (non-hydrogen) atoms. The summed E-state index contributed by atoms with van der Waals surface area (Å²) in [5, 5.41) is 27.8. The van der Waals surface area contributed by atoms with Crippen molar-refractivity contribution in [3.8, 4) is 5.75 Å². The van der Waals surface area contributed by atoms with Gasteiger partial charge in [-0.2, -0.15) is 0 Å². The van der Waals surface area contributed by atoms with Gasteiger partial charge in [0, 0.05) is 25.5 Å². The van der Waals surface area contributed by atoms with E-state index >= 15 is 0 Å². The molecule has 1 atom stereocenters. The van der Waals surface area contributed by atoms with Crippen LogP contribution in [0.5, 0.6) is 5.75 Å². The molecular weight excluding hydrogens is 238 g/mol. The predicted octanol–water partition coefficient (Wildman–Crippen LogP) is 0.436. The highest BCUT2D eigenvalue weighted by atomic mass is 16.4. The molecule has 2 rings (SSSR count). The van der Waals surface area contributed by atoms with E-state index < -0.39 is 11.7 Å². The Kier molecular flexibility index (Phi) is 3.20. The van der Waals surface area contributed by atoms with Crippen LogP contribution in [0.1, 0.15) is 16.8 Å². The fourth-order valence-corrected chi connectivity index (χ4v) is 2.06. The number of carbonyl (C=O) groups excluding carboxylic acids is 1. The number of para-hydroxylation sites is 1. The topological polar surface area (TPSA) is 98.1 Å². The van der Waals surface area contributed by atoms with Gasteiger partial charge in [-0.25, -0.2) is 4.79 Å². The Bertz CT molecular complexity index is 499. The van der Waals surface area contributed by atoms with E-state index in [-0.39, 0.29) is 42.6 Å². The molecule has 0 spiro atoms. The number of amides is 1. The lowest BCUT2D eigenvalue weighted by Gasteiger charge is -2.18. The molecule has 1 aromatic rings. The maximum atomic E-state index is 11.7. The highest BCUT2D eigenvalue weighted by Crippen LogP contribution is 2.34. The molecule has 1 aliphatic heterocycles. The molecule has 0 radical (unpaired) electrons. The fraction of sp³-hybridized carbons (Fsp3) is 0.333. The first-order valence-electron chi connectivity index (χ1n) is 5.51. The normalized spacial score (nSPS) is 19.3. The molecule has 3 N–H and O–H groups in total. The number of aromatic carboxylic acids is 1. The highest BCUT2D eigenvalue weighted by Gasteiger charge is 2.32. The fourth-order valence-electron chi connectivity index (χ4n) is 2.06. The Morgan fingerprint density at radius 1 is 1.44 bits per heavy atom. The summed E-state index contributed by atoms with van der Waals surface area (Å²) in [5.41, 5.74) is -0.0661. The Labute approximate surface area is 103 Å². The number of rotatable bonds is 3. The van der Waals surface area contributed by atoms with E-state index in [0.29, 0.717) is 0 Å². The standard InChI is InChI=1S/C12H13NO5/c14-6-7-4-10(15)13(5-7)9-3-1-2-8(11(9)16)12(17)18/h1-3,7,14,16H,4-6H2,(H,17,18). The third-order valence-electron chi connectivity index (χ3n) is 3.00. The molecule has 1 saturated heterocycles. The summed E-state index contributed by atoms with van der Waals surface area (Å²) in [6.07, 6.45) is 0.202. The number of anilines is 1. The van der Waals surface area contributed by atoms with E-state index in [1.807, 2.05) is 0 Å². The number of carbonyl (C=O) groups is 2. The summed E-state index contributed by atoms with van der Waals surface area (Å²) < 4.78 is 0. The van der Waals surface area contributed by atoms with Gasteiger partial charge in [-0.1, -0.05) is 6.07 Å². The monoisotopic (exact) mass is 251 g/mol. The summed E-state index contributed by atoms with van der Waals surface area (Å²) in [6, 6.07) is 4.22. The quantitative estimate of drug-likeness (QED) is 0.724. The summed E-state index contributed by atoms with van der Waals surface area (Å²) in [7, 11) is 0. The molecule has 1 aliphatic rings. The van der Waals surface area contributed by atoms with Crippen molar-refractivity contribution in [2.45, 2.75) is 6.42 Å². The number of hydrogen-bond acceptors (Lipinski definition) is 4. The van der Waals surface area contributed by atoms with Gasteiger partial charge in [0.1, 0.15) is 5.56 Å². The number of phenols is 1. The number of aliphatic hydroxyl groups is 1. The number of aromatic hydroxyl groups is 1. The Morgan fingerprint density at radius 2 is 2.17 bits per heavy atom. The molecule has 6 nitrogen and oxygen atoms in total. The minimum atomic E-state index is -1.25. The number of carboxylic acids is 1. The molecule has 1 heterocycles. The van der Waals surface area contributed by atoms with Crippen LogP contribution in [-0.4, -0.2) is 40.3 Å². The van der Waals surface area contributed by atoms with E-state index in [0.717, 1.165) is 0 Å². The Hall–Kier alpha value is -2.08. The Balaban J connectivity index is 2.37. The maximum Gasteiger partial charge on any atom is 0.339 e. The molecule has 0 aliphatic carbocycles. The van der Waals surface area contributed by atoms with E-state index in [1.165, 1.54) is 23.1 Å². The minimum Gasteiger partial charge on any atom is -0.505 e. The van der Waals surface area contributed by atoms with Gasteiger partial charge in [-0.15, -0.1) is 0 Å². The maximum absolute atomic E-state index is 11.7. The van der Waals surface area contributed by atoms with Crippen molar-refractivity contribution in [1.82, 2.24) is 0 Å². The molecule has 0 aromatic heterocycles. The molecule has 6 heteroatoms. The number of hydrogen-bond donors (Lipinski definition) is 3. The average Bonchev–Trinajstić information content (AvgIpc) is 2.70. The molecule has 1 fully saturated rings. The summed E-state index contributed by atoms with van der Waals surface area (Å²) >= 11 is 0. The first-order valence-corrected chi connectivity index (χ1v) is 5.51. The third-order valence-corrected chi connectivity index (χ3v) is 3.00. The van der Waals surface area contributed by atoms with Crippen molar-refractivity contribution in [3.05, 3.63) is 23.8 Å². The second-order valence-corrected chi connectivity index (χ2v) is 4.24. The lowest BCUT2D eigenvalue weighted by molar-refractivity contribution is -0.117. The lowest BCUT2D eigenvalue weighted by Crippen LogP contribution is -2.25. The van der Waals surface area contributed by atoms with Crippen LogP contribution in [0.25, 0.3) is 0 Å². The van der Waals surface area contributed by atoms with Crippen molar-refractivity contribution in [2.75, 3.05) is 18.1 Å². The van der Waals surface area contributed by atoms with Crippen LogP contribution < -0.4 is 4.90 Å². The zero-order valence-corrected chi connectivity index (χ0v) is 9.54. The van der Waals surface area contributed by atoms with Crippen molar-refractivity contribution in [3.63, 3.8) is 0 Å². The first kappa shape index (κ1) is 12.4. The first-order chi connectivity index (χ1) is 8.54. The number of nitrogens with zero attached hydrogens (tertiary/aromatic N) is 1. The average molecular weight is 251 g/mol. The zero-order valence-electron chi connectivity index (χ0n) is 9.54. The van der Waals surface area contributed by atoms with E-state index in [4.69, 9.17) is 10.2 Å². The molecule has 1 aromatic carbocycles. The third kappa shape index (κ3) is 2.02. The van der Waals surface area contributed by atoms with Crippen LogP contribution in [0.4, 0.5) is 5.69 Å². The van der Waals surface area contributed by atoms with Crippen LogP contribution in [0.2, 0.25) is 0 Å². The number of aliphatic hydroxyl groups excluding tert-OH is 1. The van der Waals surface area contributed by atoms with Gasteiger partial charge in [0.05, 0.1) is 5.69 Å². The van der Waals surface area contributed by atoms with E-state index in [2.05, 4.69) is 0 Å². The van der Waals surface area contributed by atoms with Gasteiger partial charge in [0.2, 0.25) is 5.91 Å². The van der Waals surface area contributed by atoms with Gasteiger partial charge < -0.3 is 20.2 Å². The van der Waals surface area contributed by atoms with Gasteiger partial charge >= 0.3 is 5.97 Å². The second kappa shape index (κ2) is 4.66. The van der Waals surface area contributed by atoms with Crippen LogP contribution in [0.3, 0.4) is 0 Å². The van der Waals surface area contributed by atoms with Crippen molar-refractivity contribution in [2.24, 2.45) is 5.92 Å². The minimum absolute atomic E-state index is 0.110. The van der Waals surface area contributed by atoms with Crippen molar-refractivity contribution < 1.29 is 24.9 Å². The molecular formula is C12H13NO5. The van der Waals surface area contributed by atoms with Gasteiger partial charge in [-0.3, -0.25) is 4.79 Å². The summed E-state index contributed by atoms with van der Waals surface area (Å²) in [4.78, 5) is 23.9. The van der Waals surface area contributed by atoms with Crippen LogP contribution in [0.15, 0.2) is 18.2 Å². The van der Waals surface area contributed by atoms with Crippen LogP contribution in [0, 0.1) is 5.92 Å². The van der Waals surface area contributed by atoms with Crippen molar-refractivity contribution in [1.29, 1.82) is 0 Å². The largest absolute Gasteiger partial charge is 0.505 e. The summed E-state index contributed by atoms with van der Waals surface area (Å²) in [6.45, 7) is 0.174. The van der Waals surface area contributed by atoms with Gasteiger partial charge in [-0.05, 0) is 12.1 Å². The predicted molar refractivity (Wildman–Crippen MR) is 62.6 cm³/mol. The molecule has 1 unspecified atom stereocenters. The molecule has 96 valence electrons. The summed E-state index contributed by atoms with van der Waals surface area (Å²) in [5.74, 6) is -2.08. The SMILES string of the molecule is O=C(O)c1cccc(N2CC(CO)CC2=O)c1O. The molecule has 0 bridgehead atoms. The number of benzene rings is 1. The molecule has 1 amide bonds. The van der Waals surface area contributed by atoms with Crippen LogP contribution >= 0.6 is 0 Å². The lowest BCUT2D eigenvalue weighted by atomic mass is 10.1. The number of carboxylic acid groups (broad SMARTS) is 1. The highest BCUT2D eigenvalue weighted by molar-refractivity contribution is 6.00. The molecule has 0 saturated carbocycles. The van der Waals surface area contributed by atoms with E-state index in [9.17, 15) is 14.7 Å². The zero-order chi connectivity index (χ0) is 13.3. The van der Waals surface area contributed by atoms with Crippen LogP contribution in [-0.2, 0) is 4.79 Å². The van der Waals surface area contributed by atoms with E-state index in [1.54, 1.807) is 0 Å². The van der Waals surface area contributed by atoms with Gasteiger partial charge in [0.25, 0.3) is 0 Å². The second-order valence-electron chi connectivity index (χ2n) is 4.24.